The molecule has 1 aliphatic carbocycles. The molecule has 1 saturated heterocycles. The quantitative estimate of drug-likeness (QED) is 0.469. The van der Waals surface area contributed by atoms with Crippen molar-refractivity contribution in [1.82, 2.24) is 30.6 Å². The van der Waals surface area contributed by atoms with Crippen molar-refractivity contribution in [3.8, 4) is 0 Å². The largest absolute Gasteiger partial charge is 0.329 e. The summed E-state index contributed by atoms with van der Waals surface area (Å²) < 4.78 is 2.04. The van der Waals surface area contributed by atoms with Crippen molar-refractivity contribution >= 4 is 34.8 Å². The Morgan fingerprint density at radius 2 is 1.94 bits per heavy atom. The maximum absolute atomic E-state index is 13.2. The normalized spacial score (nSPS) is 23.9. The number of nitrogens with one attached hydrogen (secondary N) is 3. The number of carbonyl (C=O) groups is 4. The van der Waals surface area contributed by atoms with Crippen molar-refractivity contribution < 1.29 is 19.2 Å². The van der Waals surface area contributed by atoms with Crippen molar-refractivity contribution in [1.29, 1.82) is 0 Å². The highest BCUT2D eigenvalue weighted by atomic mass is 16.2. The standard InChI is InChI=1S/C24H32N6O4/c1-6-29-15(3)25-17-9-16(7-8-18(17)29)20(32)28-27-19(31)12-30-21(33)24(26-22(30)34)11-14(2)10-23(4,5)13-24/h7-9,14H,6,10-13H2,1-5H3,(H,26,34)(H,27,31)(H,28,32)/t14-,24-/m1/s1. The summed E-state index contributed by atoms with van der Waals surface area (Å²) in [4.78, 5) is 56.2. The molecule has 1 aliphatic heterocycles. The Morgan fingerprint density at radius 3 is 2.62 bits per heavy atom. The van der Waals surface area contributed by atoms with E-state index in [2.05, 4.69) is 41.9 Å². The van der Waals surface area contributed by atoms with E-state index in [-0.39, 0.29) is 17.2 Å². The molecule has 5 amide bonds. The van der Waals surface area contributed by atoms with E-state index < -0.39 is 29.9 Å². The number of aryl methyl sites for hydroxylation is 2. The first-order valence-electron chi connectivity index (χ1n) is 11.6. The average Bonchev–Trinajstić information content (AvgIpc) is 3.17. The van der Waals surface area contributed by atoms with Crippen LogP contribution in [-0.4, -0.2) is 50.3 Å². The molecule has 2 heterocycles. The van der Waals surface area contributed by atoms with Crippen LogP contribution in [0.2, 0.25) is 0 Å². The number of aromatic nitrogens is 2. The Hall–Kier alpha value is -3.43. The van der Waals surface area contributed by atoms with Crippen LogP contribution in [0.1, 0.15) is 63.1 Å². The third kappa shape index (κ3) is 4.24. The topological polar surface area (TPSA) is 125 Å². The van der Waals surface area contributed by atoms with E-state index in [9.17, 15) is 19.2 Å². The van der Waals surface area contributed by atoms with Crippen molar-refractivity contribution in [2.75, 3.05) is 6.54 Å². The molecule has 10 heteroatoms. The molecule has 1 saturated carbocycles. The fraction of sp³-hybridized carbons (Fsp3) is 0.542. The lowest BCUT2D eigenvalue weighted by molar-refractivity contribution is -0.137. The zero-order valence-corrected chi connectivity index (χ0v) is 20.3. The Kier molecular flexibility index (Phi) is 5.87. The fourth-order valence-electron chi connectivity index (χ4n) is 5.82. The van der Waals surface area contributed by atoms with Crippen LogP contribution in [0.5, 0.6) is 0 Å². The monoisotopic (exact) mass is 468 g/mol. The Balaban J connectivity index is 1.38. The zero-order chi connectivity index (χ0) is 24.8. The number of carbonyl (C=O) groups excluding carboxylic acids is 4. The fourth-order valence-corrected chi connectivity index (χ4v) is 5.82. The molecular weight excluding hydrogens is 436 g/mol. The average molecular weight is 469 g/mol. The number of amides is 5. The lowest BCUT2D eigenvalue weighted by Gasteiger charge is -2.43. The number of hydrogen-bond acceptors (Lipinski definition) is 5. The lowest BCUT2D eigenvalue weighted by atomic mass is 9.64. The molecule has 0 radical (unpaired) electrons. The maximum atomic E-state index is 13.2. The smallest absolute Gasteiger partial charge is 0.325 e. The van der Waals surface area contributed by atoms with Gasteiger partial charge in [0.2, 0.25) is 0 Å². The van der Waals surface area contributed by atoms with E-state index in [1.807, 2.05) is 24.5 Å². The Morgan fingerprint density at radius 1 is 1.21 bits per heavy atom. The SMILES string of the molecule is CCn1c(C)nc2cc(C(=O)NNC(=O)CN3C(=O)N[C@@]4(C[C@H](C)CC(C)(C)C4)C3=O)ccc21. The van der Waals surface area contributed by atoms with Gasteiger partial charge in [-0.05, 0) is 62.6 Å². The number of fused-ring (bicyclic) bond motifs is 1. The van der Waals surface area contributed by atoms with E-state index in [0.29, 0.717) is 23.9 Å². The van der Waals surface area contributed by atoms with Gasteiger partial charge in [0.25, 0.3) is 17.7 Å². The minimum Gasteiger partial charge on any atom is -0.329 e. The van der Waals surface area contributed by atoms with Crippen molar-refractivity contribution in [2.24, 2.45) is 11.3 Å². The second kappa shape index (κ2) is 8.41. The summed E-state index contributed by atoms with van der Waals surface area (Å²) >= 11 is 0. The summed E-state index contributed by atoms with van der Waals surface area (Å²) in [7, 11) is 0. The molecule has 1 aromatic heterocycles. The van der Waals surface area contributed by atoms with Gasteiger partial charge in [0, 0.05) is 12.1 Å². The van der Waals surface area contributed by atoms with Crippen molar-refractivity contribution in [3.05, 3.63) is 29.6 Å². The summed E-state index contributed by atoms with van der Waals surface area (Å²) in [6, 6.07) is 4.55. The molecule has 3 N–H and O–H groups in total. The molecule has 0 bridgehead atoms. The molecule has 1 spiro atoms. The van der Waals surface area contributed by atoms with Gasteiger partial charge >= 0.3 is 6.03 Å². The summed E-state index contributed by atoms with van der Waals surface area (Å²) in [5.74, 6) is -0.443. The van der Waals surface area contributed by atoms with E-state index in [1.54, 1.807) is 12.1 Å². The minimum atomic E-state index is -0.975. The van der Waals surface area contributed by atoms with Gasteiger partial charge in [-0.1, -0.05) is 20.8 Å². The number of nitrogens with zero attached hydrogens (tertiary/aromatic N) is 3. The first-order valence-corrected chi connectivity index (χ1v) is 11.6. The van der Waals surface area contributed by atoms with Crippen LogP contribution in [-0.2, 0) is 16.1 Å². The molecule has 10 nitrogen and oxygen atoms in total. The Bertz CT molecular complexity index is 1190. The molecule has 2 fully saturated rings. The second-order valence-electron chi connectivity index (χ2n) is 10.4. The van der Waals surface area contributed by atoms with E-state index in [1.165, 1.54) is 0 Å². The molecule has 2 aliphatic rings. The molecule has 4 rings (SSSR count). The van der Waals surface area contributed by atoms with Gasteiger partial charge in [-0.3, -0.25) is 30.1 Å². The number of hydrogen-bond donors (Lipinski definition) is 3. The first-order chi connectivity index (χ1) is 15.9. The lowest BCUT2D eigenvalue weighted by Crippen LogP contribution is -2.54. The molecule has 34 heavy (non-hydrogen) atoms. The van der Waals surface area contributed by atoms with Gasteiger partial charge in [0.15, 0.2) is 0 Å². The summed E-state index contributed by atoms with van der Waals surface area (Å²) in [5.41, 5.74) is 5.53. The third-order valence-electron chi connectivity index (χ3n) is 6.76. The number of benzene rings is 1. The van der Waals surface area contributed by atoms with Crippen LogP contribution in [0.25, 0.3) is 11.0 Å². The molecule has 182 valence electrons. The van der Waals surface area contributed by atoms with Crippen LogP contribution >= 0.6 is 0 Å². The Labute approximate surface area is 198 Å². The number of imidazole rings is 1. The van der Waals surface area contributed by atoms with Gasteiger partial charge in [-0.25, -0.2) is 9.78 Å². The van der Waals surface area contributed by atoms with Crippen LogP contribution < -0.4 is 16.2 Å². The highest BCUT2D eigenvalue weighted by molar-refractivity contribution is 6.09. The van der Waals surface area contributed by atoms with E-state index >= 15 is 0 Å². The molecular formula is C24H32N6O4. The maximum Gasteiger partial charge on any atom is 0.325 e. The van der Waals surface area contributed by atoms with Gasteiger partial charge in [-0.15, -0.1) is 0 Å². The van der Waals surface area contributed by atoms with Crippen LogP contribution in [0.15, 0.2) is 18.2 Å². The van der Waals surface area contributed by atoms with E-state index in [4.69, 9.17) is 0 Å². The number of urea groups is 1. The van der Waals surface area contributed by atoms with Gasteiger partial charge in [-0.2, -0.15) is 0 Å². The number of imide groups is 1. The van der Waals surface area contributed by atoms with Crippen LogP contribution in [0.4, 0.5) is 4.79 Å². The van der Waals surface area contributed by atoms with Crippen LogP contribution in [0.3, 0.4) is 0 Å². The first kappa shape index (κ1) is 23.7. The predicted octanol–water partition coefficient (Wildman–Crippen LogP) is 2.26. The molecule has 2 atom stereocenters. The summed E-state index contributed by atoms with van der Waals surface area (Å²) in [6.45, 7) is 10.5. The van der Waals surface area contributed by atoms with Gasteiger partial charge < -0.3 is 9.88 Å². The molecule has 2 aromatic rings. The minimum absolute atomic E-state index is 0.0978. The summed E-state index contributed by atoms with van der Waals surface area (Å²) in [5, 5.41) is 2.84. The number of rotatable bonds is 4. The molecule has 0 unspecified atom stereocenters. The highest BCUT2D eigenvalue weighted by Gasteiger charge is 2.56. The third-order valence-corrected chi connectivity index (χ3v) is 6.76. The van der Waals surface area contributed by atoms with E-state index in [0.717, 1.165) is 29.2 Å². The summed E-state index contributed by atoms with van der Waals surface area (Å²) in [6.07, 6.45) is 2.04. The van der Waals surface area contributed by atoms with Crippen LogP contribution in [0, 0.1) is 18.3 Å². The van der Waals surface area contributed by atoms with Gasteiger partial charge in [0.05, 0.1) is 11.0 Å². The second-order valence-corrected chi connectivity index (χ2v) is 10.4. The predicted molar refractivity (Wildman–Crippen MR) is 126 cm³/mol. The van der Waals surface area contributed by atoms with Crippen molar-refractivity contribution in [2.45, 2.75) is 66.0 Å². The zero-order valence-electron chi connectivity index (χ0n) is 20.3. The number of hydrazine groups is 1. The molecule has 1 aromatic carbocycles. The van der Waals surface area contributed by atoms with Gasteiger partial charge in [0.1, 0.15) is 17.9 Å². The highest BCUT2D eigenvalue weighted by Crippen LogP contribution is 2.46. The van der Waals surface area contributed by atoms with Crippen molar-refractivity contribution in [3.63, 3.8) is 0 Å².